The molecule has 86 valence electrons. The number of dihydropyridines is 1. The van der Waals surface area contributed by atoms with Gasteiger partial charge in [0.1, 0.15) is 5.69 Å². The summed E-state index contributed by atoms with van der Waals surface area (Å²) in [5.41, 5.74) is 4.55. The number of allylic oxidation sites excluding steroid dienone is 4. The molecular formula is C13H13N3S. The van der Waals surface area contributed by atoms with Crippen LogP contribution in [0.5, 0.6) is 0 Å². The fraction of sp³-hybridized carbons (Fsp3) is 0.308. The van der Waals surface area contributed by atoms with E-state index in [1.165, 1.54) is 22.7 Å². The Hall–Kier alpha value is -1.55. The second-order valence-corrected chi connectivity index (χ2v) is 4.90. The molecule has 0 fully saturated rings. The van der Waals surface area contributed by atoms with Crippen LogP contribution in [0.15, 0.2) is 40.2 Å². The molecule has 1 aromatic rings. The average molecular weight is 243 g/mol. The van der Waals surface area contributed by atoms with Crippen LogP contribution in [0.1, 0.15) is 25.5 Å². The molecule has 1 aromatic heterocycles. The van der Waals surface area contributed by atoms with E-state index in [4.69, 9.17) is 0 Å². The third-order valence-corrected chi connectivity index (χ3v) is 3.55. The lowest BCUT2D eigenvalue weighted by Crippen LogP contribution is -2.12. The van der Waals surface area contributed by atoms with Crippen LogP contribution >= 0.6 is 11.5 Å². The maximum atomic E-state index is 4.67. The van der Waals surface area contributed by atoms with E-state index < -0.39 is 0 Å². The number of nitrogens with zero attached hydrogens (tertiary/aromatic N) is 3. The first-order chi connectivity index (χ1) is 8.33. The zero-order chi connectivity index (χ0) is 11.7. The number of aromatic nitrogens is 2. The first-order valence-corrected chi connectivity index (χ1v) is 6.58. The molecule has 0 saturated carbocycles. The number of hydrogen-bond donors (Lipinski definition) is 0. The van der Waals surface area contributed by atoms with E-state index in [1.54, 1.807) is 0 Å². The standard InChI is InChI=1S/C13H13N3S/c1-9-5-6-11-7-10(13-8-17-16-15-13)3-2-4-12(11)14-9/h3,5-8,12H,2,4H2,1H3. The monoisotopic (exact) mass is 243 g/mol. The fourth-order valence-electron chi connectivity index (χ4n) is 2.17. The number of hydrogen-bond acceptors (Lipinski definition) is 4. The van der Waals surface area contributed by atoms with Gasteiger partial charge in [-0.3, -0.25) is 4.99 Å². The van der Waals surface area contributed by atoms with E-state index in [9.17, 15) is 0 Å². The minimum absolute atomic E-state index is 0.320. The molecule has 0 radical (unpaired) electrons. The molecule has 0 spiro atoms. The van der Waals surface area contributed by atoms with Gasteiger partial charge in [-0.05, 0) is 54.6 Å². The quantitative estimate of drug-likeness (QED) is 0.760. The lowest BCUT2D eigenvalue weighted by Gasteiger charge is -2.16. The minimum atomic E-state index is 0.320. The van der Waals surface area contributed by atoms with Crippen molar-refractivity contribution in [2.24, 2.45) is 4.99 Å². The largest absolute Gasteiger partial charge is 0.282 e. The van der Waals surface area contributed by atoms with Crippen LogP contribution in [0, 0.1) is 0 Å². The summed E-state index contributed by atoms with van der Waals surface area (Å²) < 4.78 is 3.92. The van der Waals surface area contributed by atoms with Gasteiger partial charge in [-0.2, -0.15) is 0 Å². The normalized spacial score (nSPS) is 23.4. The van der Waals surface area contributed by atoms with Crippen LogP contribution in [-0.4, -0.2) is 21.3 Å². The maximum absolute atomic E-state index is 4.67. The van der Waals surface area contributed by atoms with Gasteiger partial charge in [0.15, 0.2) is 0 Å². The molecule has 1 aliphatic carbocycles. The Morgan fingerprint density at radius 3 is 3.12 bits per heavy atom. The van der Waals surface area contributed by atoms with Crippen molar-refractivity contribution in [2.45, 2.75) is 25.8 Å². The van der Waals surface area contributed by atoms with Crippen molar-refractivity contribution in [3.8, 4) is 0 Å². The summed E-state index contributed by atoms with van der Waals surface area (Å²) in [4.78, 5) is 4.67. The van der Waals surface area contributed by atoms with Gasteiger partial charge in [0.05, 0.1) is 6.04 Å². The Kier molecular flexibility index (Phi) is 2.73. The van der Waals surface area contributed by atoms with Gasteiger partial charge in [0.2, 0.25) is 0 Å². The van der Waals surface area contributed by atoms with E-state index >= 15 is 0 Å². The summed E-state index contributed by atoms with van der Waals surface area (Å²) in [7, 11) is 0. The second-order valence-electron chi connectivity index (χ2n) is 4.29. The molecule has 3 nitrogen and oxygen atoms in total. The zero-order valence-corrected chi connectivity index (χ0v) is 10.4. The SMILES string of the molecule is CC1=NC2CCC=C(c3csnn3)C=C2C=C1. The van der Waals surface area contributed by atoms with Gasteiger partial charge in [0.25, 0.3) is 0 Å². The van der Waals surface area contributed by atoms with Crippen LogP contribution in [0.2, 0.25) is 0 Å². The molecule has 0 aromatic carbocycles. The predicted molar refractivity (Wildman–Crippen MR) is 71.2 cm³/mol. The van der Waals surface area contributed by atoms with E-state index in [1.807, 2.05) is 5.38 Å². The van der Waals surface area contributed by atoms with Gasteiger partial charge < -0.3 is 0 Å². The van der Waals surface area contributed by atoms with Crippen LogP contribution in [-0.2, 0) is 0 Å². The first kappa shape index (κ1) is 10.6. The molecule has 0 bridgehead atoms. The molecular weight excluding hydrogens is 230 g/mol. The molecule has 1 aliphatic heterocycles. The molecule has 3 rings (SSSR count). The Balaban J connectivity index is 1.97. The molecule has 2 aliphatic rings. The summed E-state index contributed by atoms with van der Waals surface area (Å²) in [6, 6.07) is 0.320. The highest BCUT2D eigenvalue weighted by atomic mass is 32.1. The van der Waals surface area contributed by atoms with Crippen molar-refractivity contribution >= 4 is 22.8 Å². The topological polar surface area (TPSA) is 38.1 Å². The van der Waals surface area contributed by atoms with Crippen molar-refractivity contribution in [3.63, 3.8) is 0 Å². The molecule has 0 saturated heterocycles. The van der Waals surface area contributed by atoms with Gasteiger partial charge in [0, 0.05) is 11.1 Å². The van der Waals surface area contributed by atoms with Gasteiger partial charge in [-0.1, -0.05) is 16.6 Å². The van der Waals surface area contributed by atoms with Crippen LogP contribution < -0.4 is 0 Å². The minimum Gasteiger partial charge on any atom is -0.282 e. The third-order valence-electron chi connectivity index (χ3n) is 3.04. The summed E-state index contributed by atoms with van der Waals surface area (Å²) in [5, 5.41) is 6.12. The van der Waals surface area contributed by atoms with Crippen LogP contribution in [0.3, 0.4) is 0 Å². The van der Waals surface area contributed by atoms with E-state index in [-0.39, 0.29) is 0 Å². The first-order valence-electron chi connectivity index (χ1n) is 5.74. The molecule has 0 amide bonds. The van der Waals surface area contributed by atoms with E-state index in [0.717, 1.165) is 24.2 Å². The predicted octanol–water partition coefficient (Wildman–Crippen LogP) is 3.04. The number of fused-ring (bicyclic) bond motifs is 1. The van der Waals surface area contributed by atoms with Crippen molar-refractivity contribution in [2.75, 3.05) is 0 Å². The highest BCUT2D eigenvalue weighted by molar-refractivity contribution is 7.03. The summed E-state index contributed by atoms with van der Waals surface area (Å²) in [6.07, 6.45) is 10.8. The summed E-state index contributed by atoms with van der Waals surface area (Å²) in [6.45, 7) is 2.05. The lowest BCUT2D eigenvalue weighted by molar-refractivity contribution is 0.715. The number of rotatable bonds is 1. The smallest absolute Gasteiger partial charge is 0.105 e. The summed E-state index contributed by atoms with van der Waals surface area (Å²) >= 11 is 1.39. The highest BCUT2D eigenvalue weighted by Gasteiger charge is 2.18. The zero-order valence-electron chi connectivity index (χ0n) is 9.63. The van der Waals surface area contributed by atoms with Gasteiger partial charge in [-0.25, -0.2) is 0 Å². The van der Waals surface area contributed by atoms with Crippen LogP contribution in [0.4, 0.5) is 0 Å². The molecule has 4 heteroatoms. The molecule has 17 heavy (non-hydrogen) atoms. The van der Waals surface area contributed by atoms with Crippen molar-refractivity contribution in [1.82, 2.24) is 9.59 Å². The third kappa shape index (κ3) is 2.13. The van der Waals surface area contributed by atoms with E-state index in [0.29, 0.717) is 6.04 Å². The number of aliphatic imine (C=N–C) groups is 1. The lowest BCUT2D eigenvalue weighted by atomic mass is 10.00. The second kappa shape index (κ2) is 4.37. The Morgan fingerprint density at radius 1 is 1.35 bits per heavy atom. The van der Waals surface area contributed by atoms with E-state index in [2.05, 4.69) is 45.8 Å². The van der Waals surface area contributed by atoms with Gasteiger partial charge >= 0.3 is 0 Å². The Bertz CT molecular complexity index is 535. The van der Waals surface area contributed by atoms with Crippen molar-refractivity contribution in [1.29, 1.82) is 0 Å². The van der Waals surface area contributed by atoms with Crippen LogP contribution in [0.25, 0.3) is 5.57 Å². The Morgan fingerprint density at radius 2 is 2.29 bits per heavy atom. The fourth-order valence-corrected chi connectivity index (χ4v) is 2.64. The maximum Gasteiger partial charge on any atom is 0.105 e. The van der Waals surface area contributed by atoms with Crippen molar-refractivity contribution in [3.05, 3.63) is 41.0 Å². The molecule has 1 atom stereocenters. The Labute approximate surface area is 104 Å². The molecule has 2 heterocycles. The van der Waals surface area contributed by atoms with Crippen molar-refractivity contribution < 1.29 is 0 Å². The highest BCUT2D eigenvalue weighted by Crippen LogP contribution is 2.28. The van der Waals surface area contributed by atoms with Gasteiger partial charge in [-0.15, -0.1) is 5.10 Å². The average Bonchev–Trinajstić information content (AvgIpc) is 2.77. The summed E-state index contributed by atoms with van der Waals surface area (Å²) in [5.74, 6) is 0. The molecule has 0 N–H and O–H groups in total. The molecule has 1 unspecified atom stereocenters.